The maximum absolute atomic E-state index is 15.1. The zero-order valence-corrected chi connectivity index (χ0v) is 19.8. The quantitative estimate of drug-likeness (QED) is 0.594. The summed E-state index contributed by atoms with van der Waals surface area (Å²) in [5, 5.41) is 7.51. The van der Waals surface area contributed by atoms with Crippen LogP contribution >= 0.6 is 0 Å². The number of rotatable bonds is 5. The lowest BCUT2D eigenvalue weighted by Gasteiger charge is -2.33. The predicted octanol–water partition coefficient (Wildman–Crippen LogP) is 3.43. The van der Waals surface area contributed by atoms with E-state index in [9.17, 15) is 4.79 Å². The van der Waals surface area contributed by atoms with Crippen molar-refractivity contribution < 1.29 is 18.3 Å². The topological polar surface area (TPSA) is 90.1 Å². The molecule has 2 aromatic heterocycles. The Hall–Kier alpha value is -2.85. The number of hydrogen-bond donors (Lipinski definition) is 2. The van der Waals surface area contributed by atoms with Crippen molar-refractivity contribution >= 4 is 22.6 Å². The zero-order chi connectivity index (χ0) is 24.0. The van der Waals surface area contributed by atoms with Gasteiger partial charge < -0.3 is 14.6 Å². The number of imidazole rings is 1. The molecule has 8 nitrogen and oxygen atoms in total. The maximum Gasteiger partial charge on any atom is 0.243 e. The van der Waals surface area contributed by atoms with Gasteiger partial charge in [-0.25, -0.2) is 13.8 Å². The van der Waals surface area contributed by atoms with E-state index in [-0.39, 0.29) is 17.1 Å². The minimum absolute atomic E-state index is 0.0991. The number of carbonyl (C=O) groups is 1. The van der Waals surface area contributed by atoms with Gasteiger partial charge in [0.2, 0.25) is 5.91 Å². The number of aromatic nitrogens is 4. The number of hydrogen-bond acceptors (Lipinski definition) is 5. The molecule has 1 amide bonds. The smallest absolute Gasteiger partial charge is 0.243 e. The number of aromatic amines is 2. The number of ether oxygens (including phenoxy) is 1. The number of anilines is 1. The molecule has 10 heteroatoms. The summed E-state index contributed by atoms with van der Waals surface area (Å²) in [5.41, 5.74) is 2.91. The molecule has 0 spiro atoms. The lowest BCUT2D eigenvalue weighted by molar-refractivity contribution is -0.124. The van der Waals surface area contributed by atoms with E-state index in [1.165, 1.54) is 18.0 Å². The molecular weight excluding hydrogens is 442 g/mol. The van der Waals surface area contributed by atoms with Crippen LogP contribution in [0.4, 0.5) is 14.5 Å². The van der Waals surface area contributed by atoms with Crippen LogP contribution in [0.2, 0.25) is 0 Å². The summed E-state index contributed by atoms with van der Waals surface area (Å²) in [7, 11) is 1.47. The Labute approximate surface area is 196 Å². The van der Waals surface area contributed by atoms with Crippen LogP contribution in [0.15, 0.2) is 6.07 Å². The second-order valence-electron chi connectivity index (χ2n) is 9.27. The Bertz CT molecular complexity index is 1220. The number of nitrogens with zero attached hydrogens (tertiary/aromatic N) is 4. The first-order valence-corrected chi connectivity index (χ1v) is 11.9. The first kappa shape index (κ1) is 22.9. The van der Waals surface area contributed by atoms with E-state index in [1.807, 2.05) is 4.90 Å². The van der Waals surface area contributed by atoms with Crippen molar-refractivity contribution in [2.75, 3.05) is 38.3 Å². The summed E-state index contributed by atoms with van der Waals surface area (Å²) in [5.74, 6) is -1.51. The van der Waals surface area contributed by atoms with Crippen LogP contribution in [0.5, 0.6) is 0 Å². The summed E-state index contributed by atoms with van der Waals surface area (Å²) in [4.78, 5) is 23.7. The van der Waals surface area contributed by atoms with Gasteiger partial charge in [0, 0.05) is 31.4 Å². The maximum atomic E-state index is 15.1. The van der Waals surface area contributed by atoms with Gasteiger partial charge in [-0.05, 0) is 38.2 Å². The molecular formula is C24H30F2N6O2. The highest BCUT2D eigenvalue weighted by molar-refractivity contribution is 5.98. The second-order valence-corrected chi connectivity index (χ2v) is 9.27. The van der Waals surface area contributed by atoms with Crippen molar-refractivity contribution in [2.24, 2.45) is 5.92 Å². The molecule has 0 bridgehead atoms. The minimum Gasteiger partial charge on any atom is -0.379 e. The van der Waals surface area contributed by atoms with Gasteiger partial charge >= 0.3 is 0 Å². The highest BCUT2D eigenvalue weighted by Crippen LogP contribution is 2.35. The third-order valence-corrected chi connectivity index (χ3v) is 7.33. The number of likely N-dealkylation sites (N-methyl/N-ethyl adjacent to an activating group) is 1. The Morgan fingerprint density at radius 1 is 1.32 bits per heavy atom. The molecule has 3 aromatic rings. The molecule has 0 unspecified atom stereocenters. The molecule has 1 aliphatic heterocycles. The normalized spacial score (nSPS) is 19.9. The lowest BCUT2D eigenvalue weighted by atomic mass is 9.85. The molecule has 182 valence electrons. The van der Waals surface area contributed by atoms with E-state index in [1.54, 1.807) is 6.92 Å². The monoisotopic (exact) mass is 472 g/mol. The lowest BCUT2D eigenvalue weighted by Crippen LogP contribution is -2.50. The molecule has 2 aliphatic rings. The Morgan fingerprint density at radius 2 is 2.09 bits per heavy atom. The molecule has 0 saturated carbocycles. The van der Waals surface area contributed by atoms with E-state index in [0.717, 1.165) is 36.9 Å². The Balaban J connectivity index is 1.47. The number of nitrogens with one attached hydrogen (secondary N) is 2. The van der Waals surface area contributed by atoms with Gasteiger partial charge in [-0.3, -0.25) is 14.8 Å². The molecule has 34 heavy (non-hydrogen) atoms. The fourth-order valence-electron chi connectivity index (χ4n) is 5.06. The van der Waals surface area contributed by atoms with Crippen molar-refractivity contribution in [3.63, 3.8) is 0 Å². The van der Waals surface area contributed by atoms with Crippen LogP contribution in [-0.2, 0) is 22.4 Å². The molecule has 2 atom stereocenters. The third kappa shape index (κ3) is 3.88. The third-order valence-electron chi connectivity index (χ3n) is 7.33. The molecule has 1 fully saturated rings. The largest absolute Gasteiger partial charge is 0.379 e. The summed E-state index contributed by atoms with van der Waals surface area (Å²) in [6.45, 7) is 6.27. The van der Waals surface area contributed by atoms with Crippen molar-refractivity contribution in [1.82, 2.24) is 25.1 Å². The van der Waals surface area contributed by atoms with E-state index in [0.29, 0.717) is 49.3 Å². The summed E-state index contributed by atoms with van der Waals surface area (Å²) in [6, 6.07) is 0.966. The SMILES string of the molecule is CC[C@H]1CCc2[nH]nc(-c3nc4c(F)c(F)c(N(C)C(=O)[C@H](C)N5CCOCC5)cc4[nH]3)c2C1. The molecule has 1 aromatic carbocycles. The van der Waals surface area contributed by atoms with Crippen molar-refractivity contribution in [2.45, 2.75) is 45.6 Å². The molecule has 5 rings (SSSR count). The van der Waals surface area contributed by atoms with Crippen molar-refractivity contribution in [1.29, 1.82) is 0 Å². The molecule has 3 heterocycles. The highest BCUT2D eigenvalue weighted by atomic mass is 19.2. The average molecular weight is 473 g/mol. The van der Waals surface area contributed by atoms with Crippen molar-refractivity contribution in [3.05, 3.63) is 29.0 Å². The number of fused-ring (bicyclic) bond motifs is 2. The first-order valence-electron chi connectivity index (χ1n) is 11.9. The van der Waals surface area contributed by atoms with E-state index >= 15 is 8.78 Å². The van der Waals surface area contributed by atoms with Crippen LogP contribution in [0.3, 0.4) is 0 Å². The number of H-pyrrole nitrogens is 2. The molecule has 2 N–H and O–H groups in total. The van der Waals surface area contributed by atoms with Crippen LogP contribution in [0.25, 0.3) is 22.6 Å². The van der Waals surface area contributed by atoms with Gasteiger partial charge in [0.25, 0.3) is 0 Å². The van der Waals surface area contributed by atoms with Gasteiger partial charge in [-0.1, -0.05) is 13.3 Å². The number of morpholine rings is 1. The standard InChI is InChI=1S/C24H30F2N6O2/c1-4-14-5-6-16-15(11-14)21(30-29-16)23-27-17-12-18(19(25)20(26)22(17)28-23)31(3)24(33)13(2)32-7-9-34-10-8-32/h12-14H,4-11H2,1-3H3,(H,27,28)(H,29,30)/t13-,14-/m0/s1. The minimum atomic E-state index is -1.09. The average Bonchev–Trinajstić information content (AvgIpc) is 3.49. The van der Waals surface area contributed by atoms with Crippen LogP contribution in [0, 0.1) is 17.6 Å². The highest BCUT2D eigenvalue weighted by Gasteiger charge is 2.30. The van der Waals surface area contributed by atoms with Crippen LogP contribution < -0.4 is 4.90 Å². The predicted molar refractivity (Wildman–Crippen MR) is 125 cm³/mol. The molecule has 1 aliphatic carbocycles. The summed E-state index contributed by atoms with van der Waals surface area (Å²) >= 11 is 0. The number of halogens is 2. The van der Waals surface area contributed by atoms with E-state index in [2.05, 4.69) is 27.1 Å². The van der Waals surface area contributed by atoms with Crippen LogP contribution in [0.1, 0.15) is 37.9 Å². The van der Waals surface area contributed by atoms with Crippen molar-refractivity contribution in [3.8, 4) is 11.5 Å². The molecule has 1 saturated heterocycles. The Morgan fingerprint density at radius 3 is 2.82 bits per heavy atom. The van der Waals surface area contributed by atoms with E-state index in [4.69, 9.17) is 4.74 Å². The van der Waals surface area contributed by atoms with Gasteiger partial charge in [0.05, 0.1) is 30.5 Å². The van der Waals surface area contributed by atoms with Gasteiger partial charge in [-0.2, -0.15) is 5.10 Å². The van der Waals surface area contributed by atoms with Gasteiger partial charge in [-0.15, -0.1) is 0 Å². The first-order chi connectivity index (χ1) is 16.4. The summed E-state index contributed by atoms with van der Waals surface area (Å²) < 4.78 is 35.5. The molecule has 0 radical (unpaired) electrons. The van der Waals surface area contributed by atoms with Gasteiger partial charge in [0.1, 0.15) is 11.2 Å². The summed E-state index contributed by atoms with van der Waals surface area (Å²) in [6.07, 6.45) is 3.99. The number of benzene rings is 1. The number of aryl methyl sites for hydroxylation is 1. The van der Waals surface area contributed by atoms with Crippen LogP contribution in [-0.4, -0.2) is 70.4 Å². The number of carbonyl (C=O) groups excluding carboxylic acids is 1. The fraction of sp³-hybridized carbons (Fsp3) is 0.542. The van der Waals surface area contributed by atoms with Gasteiger partial charge in [0.15, 0.2) is 17.5 Å². The zero-order valence-electron chi connectivity index (χ0n) is 19.8. The Kier molecular flexibility index (Phi) is 6.11. The fourth-order valence-corrected chi connectivity index (χ4v) is 5.06. The number of amides is 1. The second kappa shape index (κ2) is 9.07. The van der Waals surface area contributed by atoms with E-state index < -0.39 is 17.7 Å².